The number of rotatable bonds is 6. The van der Waals surface area contributed by atoms with Crippen molar-refractivity contribution in [1.82, 2.24) is 9.97 Å². The van der Waals surface area contributed by atoms with Crippen molar-refractivity contribution in [2.24, 2.45) is 5.73 Å². The summed E-state index contributed by atoms with van der Waals surface area (Å²) in [5.41, 5.74) is 3.74. The van der Waals surface area contributed by atoms with E-state index in [-0.39, 0.29) is 24.6 Å². The molecule has 0 atom stereocenters. The number of primary amides is 1. The number of benzene rings is 1. The Bertz CT molecular complexity index is 888. The van der Waals surface area contributed by atoms with E-state index in [2.05, 4.69) is 25.9 Å². The quantitative estimate of drug-likeness (QED) is 0.556. The highest BCUT2D eigenvalue weighted by Crippen LogP contribution is 2.33. The lowest BCUT2D eigenvalue weighted by atomic mass is 10.2. The van der Waals surface area contributed by atoms with Gasteiger partial charge < -0.3 is 16.4 Å². The van der Waals surface area contributed by atoms with Crippen LogP contribution in [0.2, 0.25) is 0 Å². The Labute approximate surface area is 156 Å². The van der Waals surface area contributed by atoms with E-state index in [1.165, 1.54) is 0 Å². The number of nitrogens with two attached hydrogens (primary N) is 1. The van der Waals surface area contributed by atoms with E-state index in [0.717, 1.165) is 6.07 Å². The first kappa shape index (κ1) is 20.9. The van der Waals surface area contributed by atoms with Gasteiger partial charge in [-0.2, -0.15) is 18.2 Å². The molecule has 0 unspecified atom stereocenters. The van der Waals surface area contributed by atoms with Crippen LogP contribution in [-0.4, -0.2) is 28.5 Å². The Hall–Kier alpha value is -3.44. The van der Waals surface area contributed by atoms with Crippen LogP contribution < -0.4 is 21.7 Å². The minimum Gasteiger partial charge on any atom is -0.370 e. The molecule has 12 heteroatoms. The van der Waals surface area contributed by atoms with Crippen molar-refractivity contribution >= 4 is 29.4 Å². The third kappa shape index (κ3) is 6.07. The highest BCUT2D eigenvalue weighted by atomic mass is 19.4. The first-order valence-electron chi connectivity index (χ1n) is 7.87. The van der Waals surface area contributed by atoms with Gasteiger partial charge in [0.25, 0.3) is 0 Å². The maximum atomic E-state index is 13.3. The summed E-state index contributed by atoms with van der Waals surface area (Å²) in [6.45, 7) is 1.84. The molecule has 0 bridgehead atoms. The number of nitrogens with one attached hydrogen (secondary N) is 3. The van der Waals surface area contributed by atoms with Crippen molar-refractivity contribution in [3.05, 3.63) is 41.3 Å². The molecule has 0 spiro atoms. The van der Waals surface area contributed by atoms with Gasteiger partial charge in [-0.25, -0.2) is 14.2 Å². The molecule has 3 amide bonds. The van der Waals surface area contributed by atoms with Gasteiger partial charge >= 0.3 is 12.2 Å². The van der Waals surface area contributed by atoms with Crippen LogP contribution in [0, 0.1) is 12.7 Å². The zero-order valence-corrected chi connectivity index (χ0v) is 14.5. The number of aryl methyl sites for hydroxylation is 1. The summed E-state index contributed by atoms with van der Waals surface area (Å²) in [5, 5.41) is 7.23. The molecule has 2 aromatic rings. The first-order valence-corrected chi connectivity index (χ1v) is 7.87. The number of halogens is 4. The molecule has 1 aromatic carbocycles. The van der Waals surface area contributed by atoms with E-state index >= 15 is 0 Å². The fourth-order valence-electron chi connectivity index (χ4n) is 2.11. The van der Waals surface area contributed by atoms with E-state index in [9.17, 15) is 27.2 Å². The van der Waals surface area contributed by atoms with Gasteiger partial charge in [0.1, 0.15) is 11.6 Å². The first-order chi connectivity index (χ1) is 13.0. The number of anilines is 3. The summed E-state index contributed by atoms with van der Waals surface area (Å²) >= 11 is 0. The van der Waals surface area contributed by atoms with Crippen molar-refractivity contribution in [1.29, 1.82) is 0 Å². The summed E-state index contributed by atoms with van der Waals surface area (Å²) in [6, 6.07) is 2.69. The number of amides is 3. The van der Waals surface area contributed by atoms with Crippen LogP contribution in [-0.2, 0) is 11.0 Å². The molecule has 0 aliphatic heterocycles. The maximum Gasteiger partial charge on any atom is 0.419 e. The number of urea groups is 1. The average molecular weight is 400 g/mol. The number of carbonyl (C=O) groups is 2. The molecule has 28 heavy (non-hydrogen) atoms. The second-order valence-electron chi connectivity index (χ2n) is 5.63. The normalized spacial score (nSPS) is 11.0. The van der Waals surface area contributed by atoms with Crippen LogP contribution in [0.3, 0.4) is 0 Å². The molecule has 150 valence electrons. The molecule has 5 N–H and O–H groups in total. The summed E-state index contributed by atoms with van der Waals surface area (Å²) in [4.78, 5) is 30.7. The summed E-state index contributed by atoms with van der Waals surface area (Å²) < 4.78 is 51.5. The minimum atomic E-state index is -4.90. The minimum absolute atomic E-state index is 0.0679. The van der Waals surface area contributed by atoms with Gasteiger partial charge in [0.05, 0.1) is 5.56 Å². The van der Waals surface area contributed by atoms with Gasteiger partial charge in [-0.15, -0.1) is 0 Å². The maximum absolute atomic E-state index is 13.3. The van der Waals surface area contributed by atoms with Gasteiger partial charge in [0.15, 0.2) is 0 Å². The SMILES string of the molecule is Cc1cc(NCCC(N)=O)nc(NC(=O)Nc2ccc(F)c(C(F)(F)F)c2)n1. The van der Waals surface area contributed by atoms with Crippen LogP contribution in [0.1, 0.15) is 17.7 Å². The number of carbonyl (C=O) groups excluding carboxylic acids is 2. The predicted octanol–water partition coefficient (Wildman–Crippen LogP) is 2.87. The van der Waals surface area contributed by atoms with Crippen LogP contribution >= 0.6 is 0 Å². The molecule has 1 heterocycles. The standard InChI is InChI=1S/C16H16F4N6O2/c1-8-6-13(22-5-4-12(21)27)25-14(23-8)26-15(28)24-9-2-3-11(17)10(7-9)16(18,19)20/h2-3,6-7H,4-5H2,1H3,(H2,21,27)(H3,22,23,24,25,26,28). The number of alkyl halides is 3. The monoisotopic (exact) mass is 400 g/mol. The van der Waals surface area contributed by atoms with Gasteiger partial charge in [0, 0.05) is 30.4 Å². The third-order valence-electron chi connectivity index (χ3n) is 3.29. The topological polar surface area (TPSA) is 122 Å². The van der Waals surface area contributed by atoms with E-state index in [0.29, 0.717) is 23.6 Å². The average Bonchev–Trinajstić information content (AvgIpc) is 2.54. The fraction of sp³-hybridized carbons (Fsp3) is 0.250. The van der Waals surface area contributed by atoms with Crippen molar-refractivity contribution in [3.8, 4) is 0 Å². The van der Waals surface area contributed by atoms with Gasteiger partial charge in [0.2, 0.25) is 11.9 Å². The zero-order valence-electron chi connectivity index (χ0n) is 14.5. The molecule has 0 radical (unpaired) electrons. The number of nitrogens with zero attached hydrogens (tertiary/aromatic N) is 2. The van der Waals surface area contributed by atoms with E-state index in [4.69, 9.17) is 5.73 Å². The number of hydrogen-bond donors (Lipinski definition) is 4. The largest absolute Gasteiger partial charge is 0.419 e. The van der Waals surface area contributed by atoms with Gasteiger partial charge in [-0.3, -0.25) is 10.1 Å². The van der Waals surface area contributed by atoms with Crippen molar-refractivity contribution in [2.75, 3.05) is 22.5 Å². The Morgan fingerprint density at radius 1 is 1.14 bits per heavy atom. The fourth-order valence-corrected chi connectivity index (χ4v) is 2.11. The Morgan fingerprint density at radius 3 is 2.50 bits per heavy atom. The molecule has 2 rings (SSSR count). The molecule has 0 saturated heterocycles. The lowest BCUT2D eigenvalue weighted by Gasteiger charge is -2.12. The highest BCUT2D eigenvalue weighted by Gasteiger charge is 2.34. The second-order valence-corrected chi connectivity index (χ2v) is 5.63. The van der Waals surface area contributed by atoms with E-state index < -0.39 is 29.5 Å². The Balaban J connectivity index is 2.07. The zero-order chi connectivity index (χ0) is 20.9. The van der Waals surface area contributed by atoms with Crippen LogP contribution in [0.5, 0.6) is 0 Å². The van der Waals surface area contributed by atoms with Gasteiger partial charge in [-0.05, 0) is 25.1 Å². The van der Waals surface area contributed by atoms with Crippen LogP contribution in [0.4, 0.5) is 39.8 Å². The van der Waals surface area contributed by atoms with E-state index in [1.807, 2.05) is 0 Å². The smallest absolute Gasteiger partial charge is 0.370 e. The summed E-state index contributed by atoms with van der Waals surface area (Å²) in [7, 11) is 0. The molecule has 0 aliphatic rings. The lowest BCUT2D eigenvalue weighted by Crippen LogP contribution is -2.22. The second kappa shape index (κ2) is 8.50. The Morgan fingerprint density at radius 2 is 1.86 bits per heavy atom. The molecule has 0 saturated carbocycles. The Kier molecular flexibility index (Phi) is 6.33. The molecular formula is C16H16F4N6O2. The van der Waals surface area contributed by atoms with Crippen molar-refractivity contribution in [3.63, 3.8) is 0 Å². The number of aromatic nitrogens is 2. The predicted molar refractivity (Wildman–Crippen MR) is 93.1 cm³/mol. The molecular weight excluding hydrogens is 384 g/mol. The summed E-state index contributed by atoms with van der Waals surface area (Å²) in [6.07, 6.45) is -4.83. The van der Waals surface area contributed by atoms with Gasteiger partial charge in [-0.1, -0.05) is 0 Å². The number of hydrogen-bond acceptors (Lipinski definition) is 5. The van der Waals surface area contributed by atoms with Crippen molar-refractivity contribution in [2.45, 2.75) is 19.5 Å². The molecule has 1 aromatic heterocycles. The third-order valence-corrected chi connectivity index (χ3v) is 3.29. The van der Waals surface area contributed by atoms with Crippen LogP contribution in [0.15, 0.2) is 24.3 Å². The molecule has 0 aliphatic carbocycles. The van der Waals surface area contributed by atoms with Crippen LogP contribution in [0.25, 0.3) is 0 Å². The molecule has 8 nitrogen and oxygen atoms in total. The highest BCUT2D eigenvalue weighted by molar-refractivity contribution is 5.98. The van der Waals surface area contributed by atoms with Crippen molar-refractivity contribution < 1.29 is 27.2 Å². The molecule has 0 fully saturated rings. The van der Waals surface area contributed by atoms with E-state index in [1.54, 1.807) is 13.0 Å². The summed E-state index contributed by atoms with van der Waals surface area (Å²) in [5.74, 6) is -1.77. The lowest BCUT2D eigenvalue weighted by molar-refractivity contribution is -0.140.